The van der Waals surface area contributed by atoms with Gasteiger partial charge in [0.2, 0.25) is 0 Å². The van der Waals surface area contributed by atoms with Crippen LogP contribution in [-0.2, 0) is 9.59 Å². The SMILES string of the molecule is COc1ccccc1NC(=O)C(=O)Nn1c(C(=O)Nc2cccc(C)c2C)cc2cc(Cl)ccc21. The lowest BCUT2D eigenvalue weighted by Gasteiger charge is -2.14. The molecule has 35 heavy (non-hydrogen) atoms. The second-order valence-corrected chi connectivity index (χ2v) is 8.30. The molecule has 0 fully saturated rings. The molecule has 4 aromatic rings. The van der Waals surface area contributed by atoms with Gasteiger partial charge in [-0.2, -0.15) is 0 Å². The summed E-state index contributed by atoms with van der Waals surface area (Å²) >= 11 is 6.13. The number of aromatic nitrogens is 1. The molecule has 0 spiro atoms. The fourth-order valence-electron chi connectivity index (χ4n) is 3.63. The summed E-state index contributed by atoms with van der Waals surface area (Å²) < 4.78 is 6.48. The summed E-state index contributed by atoms with van der Waals surface area (Å²) in [5.41, 5.74) is 6.08. The van der Waals surface area contributed by atoms with E-state index in [1.54, 1.807) is 54.6 Å². The Balaban J connectivity index is 1.65. The molecule has 0 atom stereocenters. The number of methoxy groups -OCH3 is 1. The smallest absolute Gasteiger partial charge is 0.328 e. The van der Waals surface area contributed by atoms with Crippen molar-refractivity contribution in [3.05, 3.63) is 88.6 Å². The number of fused-ring (bicyclic) bond motifs is 1. The van der Waals surface area contributed by atoms with Crippen LogP contribution in [0.25, 0.3) is 10.9 Å². The number of carbonyl (C=O) groups is 3. The van der Waals surface area contributed by atoms with E-state index in [4.69, 9.17) is 16.3 Å². The number of anilines is 2. The number of amides is 3. The van der Waals surface area contributed by atoms with Crippen LogP contribution in [0.15, 0.2) is 66.7 Å². The van der Waals surface area contributed by atoms with Crippen LogP contribution in [0.1, 0.15) is 21.6 Å². The lowest BCUT2D eigenvalue weighted by atomic mass is 10.1. The fourth-order valence-corrected chi connectivity index (χ4v) is 3.81. The molecule has 0 aliphatic heterocycles. The largest absolute Gasteiger partial charge is 0.495 e. The van der Waals surface area contributed by atoms with E-state index in [0.29, 0.717) is 33.0 Å². The molecule has 0 bridgehead atoms. The molecular weight excluding hydrogens is 468 g/mol. The number of ether oxygens (including phenoxy) is 1. The van der Waals surface area contributed by atoms with E-state index >= 15 is 0 Å². The predicted octanol–water partition coefficient (Wildman–Crippen LogP) is 4.88. The van der Waals surface area contributed by atoms with Crippen LogP contribution in [0.4, 0.5) is 11.4 Å². The minimum Gasteiger partial charge on any atom is -0.495 e. The number of benzene rings is 3. The Bertz CT molecular complexity index is 1460. The molecule has 1 heterocycles. The number of aryl methyl sites for hydroxylation is 1. The van der Waals surface area contributed by atoms with Gasteiger partial charge in [0, 0.05) is 16.1 Å². The van der Waals surface area contributed by atoms with Crippen molar-refractivity contribution in [2.45, 2.75) is 13.8 Å². The highest BCUT2D eigenvalue weighted by Crippen LogP contribution is 2.25. The van der Waals surface area contributed by atoms with Gasteiger partial charge in [-0.1, -0.05) is 35.9 Å². The number of nitrogens with zero attached hydrogens (tertiary/aromatic N) is 1. The van der Waals surface area contributed by atoms with Gasteiger partial charge < -0.3 is 15.4 Å². The van der Waals surface area contributed by atoms with E-state index in [9.17, 15) is 14.4 Å². The van der Waals surface area contributed by atoms with Gasteiger partial charge in [-0.25, -0.2) is 4.68 Å². The van der Waals surface area contributed by atoms with Crippen LogP contribution < -0.4 is 20.8 Å². The van der Waals surface area contributed by atoms with Gasteiger partial charge in [-0.3, -0.25) is 19.8 Å². The molecule has 1 aromatic heterocycles. The van der Waals surface area contributed by atoms with Crippen LogP contribution in [0.3, 0.4) is 0 Å². The Morgan fingerprint density at radius 2 is 1.60 bits per heavy atom. The van der Waals surface area contributed by atoms with E-state index in [1.807, 2.05) is 26.0 Å². The molecule has 3 amide bonds. The zero-order chi connectivity index (χ0) is 25.1. The molecule has 8 nitrogen and oxygen atoms in total. The Labute approximate surface area is 206 Å². The summed E-state index contributed by atoms with van der Waals surface area (Å²) in [5.74, 6) is -1.95. The van der Waals surface area contributed by atoms with Gasteiger partial charge in [0.1, 0.15) is 11.4 Å². The maximum atomic E-state index is 13.2. The molecule has 0 aliphatic rings. The van der Waals surface area contributed by atoms with Crippen molar-refractivity contribution in [2.24, 2.45) is 0 Å². The quantitative estimate of drug-likeness (QED) is 0.347. The molecule has 178 valence electrons. The van der Waals surface area contributed by atoms with Gasteiger partial charge in [0.25, 0.3) is 5.91 Å². The third-order valence-corrected chi connectivity index (χ3v) is 5.86. The number of rotatable bonds is 5. The Morgan fingerprint density at radius 3 is 2.37 bits per heavy atom. The Morgan fingerprint density at radius 1 is 0.857 bits per heavy atom. The second-order valence-electron chi connectivity index (χ2n) is 7.87. The zero-order valence-electron chi connectivity index (χ0n) is 19.3. The number of carbonyl (C=O) groups excluding carboxylic acids is 3. The number of halogens is 1. The summed E-state index contributed by atoms with van der Waals surface area (Å²) in [6.45, 7) is 3.86. The molecule has 0 saturated carbocycles. The topological polar surface area (TPSA) is 101 Å². The first kappa shape index (κ1) is 23.8. The van der Waals surface area contributed by atoms with Crippen molar-refractivity contribution in [1.29, 1.82) is 0 Å². The highest BCUT2D eigenvalue weighted by molar-refractivity contribution is 6.42. The Hall–Kier alpha value is -4.30. The summed E-state index contributed by atoms with van der Waals surface area (Å²) in [5, 5.41) is 6.49. The zero-order valence-corrected chi connectivity index (χ0v) is 20.1. The van der Waals surface area contributed by atoms with E-state index in [1.165, 1.54) is 11.8 Å². The average molecular weight is 491 g/mol. The Kier molecular flexibility index (Phi) is 6.75. The lowest BCUT2D eigenvalue weighted by molar-refractivity contribution is -0.133. The van der Waals surface area contributed by atoms with Gasteiger partial charge in [-0.05, 0) is 67.4 Å². The fraction of sp³-hybridized carbons (Fsp3) is 0.115. The number of nitrogens with one attached hydrogen (secondary N) is 3. The van der Waals surface area contributed by atoms with Crippen LogP contribution in [-0.4, -0.2) is 29.5 Å². The molecule has 0 radical (unpaired) electrons. The van der Waals surface area contributed by atoms with Crippen molar-refractivity contribution in [2.75, 3.05) is 23.2 Å². The first-order valence-corrected chi connectivity index (χ1v) is 11.1. The van der Waals surface area contributed by atoms with Crippen LogP contribution in [0, 0.1) is 13.8 Å². The van der Waals surface area contributed by atoms with E-state index < -0.39 is 17.7 Å². The maximum Gasteiger partial charge on any atom is 0.328 e. The van der Waals surface area contributed by atoms with Gasteiger partial charge in [0.15, 0.2) is 0 Å². The average Bonchev–Trinajstić information content (AvgIpc) is 3.19. The molecule has 0 aliphatic carbocycles. The number of para-hydroxylation sites is 2. The molecule has 3 N–H and O–H groups in total. The first-order chi connectivity index (χ1) is 16.8. The summed E-state index contributed by atoms with van der Waals surface area (Å²) in [6.07, 6.45) is 0. The van der Waals surface area contributed by atoms with Crippen LogP contribution in [0.5, 0.6) is 5.75 Å². The van der Waals surface area contributed by atoms with Gasteiger partial charge in [-0.15, -0.1) is 0 Å². The van der Waals surface area contributed by atoms with Crippen molar-refractivity contribution in [3.8, 4) is 5.75 Å². The normalized spacial score (nSPS) is 10.6. The maximum absolute atomic E-state index is 13.2. The third-order valence-electron chi connectivity index (χ3n) is 5.62. The monoisotopic (exact) mass is 490 g/mol. The lowest BCUT2D eigenvalue weighted by Crippen LogP contribution is -2.36. The number of hydrogen-bond acceptors (Lipinski definition) is 4. The van der Waals surface area contributed by atoms with Crippen molar-refractivity contribution in [3.63, 3.8) is 0 Å². The molecule has 0 saturated heterocycles. The molecule has 4 rings (SSSR count). The molecule has 9 heteroatoms. The molecule has 0 unspecified atom stereocenters. The molecular formula is C26H23ClN4O4. The van der Waals surface area contributed by atoms with E-state index in [-0.39, 0.29) is 5.69 Å². The summed E-state index contributed by atoms with van der Waals surface area (Å²) in [7, 11) is 1.46. The summed E-state index contributed by atoms with van der Waals surface area (Å²) in [6, 6.07) is 18.9. The minimum atomic E-state index is -0.968. The predicted molar refractivity (Wildman–Crippen MR) is 137 cm³/mol. The number of hydrogen-bond donors (Lipinski definition) is 3. The molecule has 3 aromatic carbocycles. The van der Waals surface area contributed by atoms with Crippen molar-refractivity contribution >= 4 is 51.6 Å². The van der Waals surface area contributed by atoms with E-state index in [2.05, 4.69) is 16.1 Å². The van der Waals surface area contributed by atoms with Gasteiger partial charge in [0.05, 0.1) is 18.3 Å². The highest BCUT2D eigenvalue weighted by Gasteiger charge is 2.22. The minimum absolute atomic E-state index is 0.126. The highest BCUT2D eigenvalue weighted by atomic mass is 35.5. The van der Waals surface area contributed by atoms with Crippen molar-refractivity contribution in [1.82, 2.24) is 4.68 Å². The van der Waals surface area contributed by atoms with Crippen LogP contribution in [0.2, 0.25) is 5.02 Å². The van der Waals surface area contributed by atoms with Crippen molar-refractivity contribution < 1.29 is 19.1 Å². The van der Waals surface area contributed by atoms with Gasteiger partial charge >= 0.3 is 11.8 Å². The third kappa shape index (κ3) is 4.97. The standard InChI is InChI=1S/C26H23ClN4O4/c1-15-7-6-9-19(16(15)2)28-24(32)22-14-17-13-18(27)11-12-21(17)31(22)30-26(34)25(33)29-20-8-4-5-10-23(20)35-3/h4-14H,1-3H3,(H,28,32)(H,29,33)(H,30,34). The first-order valence-electron chi connectivity index (χ1n) is 10.7. The second kappa shape index (κ2) is 9.90. The van der Waals surface area contributed by atoms with Crippen LogP contribution >= 0.6 is 11.6 Å². The van der Waals surface area contributed by atoms with E-state index in [0.717, 1.165) is 11.1 Å². The summed E-state index contributed by atoms with van der Waals surface area (Å²) in [4.78, 5) is 38.7.